The Labute approximate surface area is 123 Å². The molecule has 0 spiro atoms. The van der Waals surface area contributed by atoms with Crippen molar-refractivity contribution in [2.75, 3.05) is 0 Å². The lowest BCUT2D eigenvalue weighted by molar-refractivity contribution is -0.125. The second-order valence-corrected chi connectivity index (χ2v) is 5.93. The third kappa shape index (κ3) is 5.30. The summed E-state index contributed by atoms with van der Waals surface area (Å²) in [4.78, 5) is 12.0. The number of hydrogen-bond donors (Lipinski definition) is 2. The summed E-state index contributed by atoms with van der Waals surface area (Å²) < 4.78 is 28.3. The largest absolute Gasteiger partial charge is 0.435 e. The zero-order valence-electron chi connectivity index (χ0n) is 12.6. The zero-order valence-corrected chi connectivity index (χ0v) is 12.6. The summed E-state index contributed by atoms with van der Waals surface area (Å²) in [6.07, 6.45) is 0.0917. The van der Waals surface area contributed by atoms with E-state index in [2.05, 4.69) is 10.1 Å². The van der Waals surface area contributed by atoms with E-state index in [1.165, 1.54) is 12.1 Å². The minimum absolute atomic E-state index is 0.0472. The van der Waals surface area contributed by atoms with Crippen molar-refractivity contribution in [3.63, 3.8) is 0 Å². The predicted molar refractivity (Wildman–Crippen MR) is 75.3 cm³/mol. The summed E-state index contributed by atoms with van der Waals surface area (Å²) in [5, 5.41) is 12.7. The first-order valence-corrected chi connectivity index (χ1v) is 6.58. The molecule has 1 amide bonds. The highest BCUT2D eigenvalue weighted by Gasteiger charge is 2.36. The van der Waals surface area contributed by atoms with Gasteiger partial charge in [0, 0.05) is 0 Å². The van der Waals surface area contributed by atoms with E-state index in [1.807, 2.05) is 0 Å². The molecule has 0 aromatic heterocycles. The average molecular weight is 301 g/mol. The molecule has 0 atom stereocenters. The third-order valence-electron chi connectivity index (χ3n) is 3.49. The Kier molecular flexibility index (Phi) is 5.28. The quantitative estimate of drug-likeness (QED) is 0.849. The average Bonchev–Trinajstić information content (AvgIpc) is 2.28. The molecule has 0 radical (unpaired) electrons. The van der Waals surface area contributed by atoms with Gasteiger partial charge in [0.25, 0.3) is 0 Å². The van der Waals surface area contributed by atoms with Gasteiger partial charge in [0.15, 0.2) is 0 Å². The van der Waals surface area contributed by atoms with Gasteiger partial charge < -0.3 is 15.2 Å². The van der Waals surface area contributed by atoms with Crippen molar-refractivity contribution in [2.24, 2.45) is 0 Å². The van der Waals surface area contributed by atoms with E-state index in [9.17, 15) is 18.7 Å². The Morgan fingerprint density at radius 2 is 1.76 bits per heavy atom. The zero-order chi connectivity index (χ0) is 16.3. The molecule has 0 heterocycles. The fourth-order valence-corrected chi connectivity index (χ4v) is 1.52. The van der Waals surface area contributed by atoms with Crippen LogP contribution in [0.25, 0.3) is 0 Å². The van der Waals surface area contributed by atoms with Gasteiger partial charge in [-0.25, -0.2) is 0 Å². The maximum atomic E-state index is 12.0. The summed E-state index contributed by atoms with van der Waals surface area (Å²) in [6, 6.07) is 5.87. The Bertz CT molecular complexity index is 479. The van der Waals surface area contributed by atoms with E-state index < -0.39 is 17.8 Å². The van der Waals surface area contributed by atoms with Crippen LogP contribution in [0.2, 0.25) is 0 Å². The minimum Gasteiger partial charge on any atom is -0.435 e. The van der Waals surface area contributed by atoms with Crippen LogP contribution in [0.15, 0.2) is 24.3 Å². The van der Waals surface area contributed by atoms with Crippen LogP contribution in [-0.2, 0) is 11.2 Å². The number of carbonyl (C=O) groups excluding carboxylic acids is 1. The Morgan fingerprint density at radius 3 is 2.19 bits per heavy atom. The van der Waals surface area contributed by atoms with Gasteiger partial charge in [-0.15, -0.1) is 0 Å². The van der Waals surface area contributed by atoms with Crippen LogP contribution < -0.4 is 10.1 Å². The molecule has 2 N–H and O–H groups in total. The van der Waals surface area contributed by atoms with Crippen molar-refractivity contribution < 1.29 is 23.4 Å². The van der Waals surface area contributed by atoms with Gasteiger partial charge in [0.05, 0.1) is 17.6 Å². The Morgan fingerprint density at radius 1 is 1.24 bits per heavy atom. The Hall–Kier alpha value is -1.69. The number of benzene rings is 1. The minimum atomic E-state index is -2.87. The predicted octanol–water partition coefficient (Wildman–Crippen LogP) is 2.50. The van der Waals surface area contributed by atoms with Crippen LogP contribution in [0.4, 0.5) is 8.78 Å². The molecule has 0 aliphatic carbocycles. The molecule has 21 heavy (non-hydrogen) atoms. The maximum Gasteiger partial charge on any atom is 0.387 e. The van der Waals surface area contributed by atoms with Crippen molar-refractivity contribution in [1.82, 2.24) is 5.32 Å². The van der Waals surface area contributed by atoms with E-state index in [4.69, 9.17) is 0 Å². The highest BCUT2D eigenvalue weighted by Crippen LogP contribution is 2.21. The molecule has 0 aliphatic heterocycles. The van der Waals surface area contributed by atoms with Gasteiger partial charge in [-0.05, 0) is 45.4 Å². The number of hydrogen-bond acceptors (Lipinski definition) is 3. The van der Waals surface area contributed by atoms with Crippen LogP contribution >= 0.6 is 0 Å². The van der Waals surface area contributed by atoms with Crippen LogP contribution in [0.1, 0.15) is 33.3 Å². The van der Waals surface area contributed by atoms with Crippen LogP contribution in [0.3, 0.4) is 0 Å². The molecule has 1 aromatic rings. The maximum absolute atomic E-state index is 12.0. The summed E-state index contributed by atoms with van der Waals surface area (Å²) >= 11 is 0. The first-order valence-electron chi connectivity index (χ1n) is 6.58. The molecule has 118 valence electrons. The standard InChI is InChI=1S/C15H21F2NO3/c1-14(2,15(3,4)20)18-12(19)9-10-5-7-11(8-6-10)21-13(16)17/h5-8,13,20H,9H2,1-4H3,(H,18,19). The fourth-order valence-electron chi connectivity index (χ4n) is 1.52. The first kappa shape index (κ1) is 17.4. The third-order valence-corrected chi connectivity index (χ3v) is 3.49. The molecule has 1 rings (SSSR count). The summed E-state index contributed by atoms with van der Waals surface area (Å²) in [6.45, 7) is 3.81. The van der Waals surface area contributed by atoms with Crippen LogP contribution in [0.5, 0.6) is 5.75 Å². The highest BCUT2D eigenvalue weighted by atomic mass is 19.3. The molecule has 0 unspecified atom stereocenters. The van der Waals surface area contributed by atoms with Crippen molar-refractivity contribution in [2.45, 2.75) is 51.9 Å². The van der Waals surface area contributed by atoms with E-state index in [0.717, 1.165) is 0 Å². The second-order valence-electron chi connectivity index (χ2n) is 5.93. The first-order chi connectivity index (χ1) is 9.51. The number of ether oxygens (including phenoxy) is 1. The molecular formula is C15H21F2NO3. The lowest BCUT2D eigenvalue weighted by Gasteiger charge is -2.38. The summed E-state index contributed by atoms with van der Waals surface area (Å²) in [5.74, 6) is -0.212. The number of aliphatic hydroxyl groups is 1. The normalized spacial score (nSPS) is 12.4. The van der Waals surface area contributed by atoms with Gasteiger partial charge >= 0.3 is 6.61 Å². The number of nitrogens with one attached hydrogen (secondary N) is 1. The Balaban J connectivity index is 2.63. The molecule has 4 nitrogen and oxygen atoms in total. The molecule has 0 saturated heterocycles. The van der Waals surface area contributed by atoms with Crippen LogP contribution in [-0.4, -0.2) is 28.8 Å². The van der Waals surface area contributed by atoms with E-state index >= 15 is 0 Å². The number of carbonyl (C=O) groups is 1. The number of rotatable bonds is 6. The van der Waals surface area contributed by atoms with E-state index in [-0.39, 0.29) is 18.1 Å². The summed E-state index contributed by atoms with van der Waals surface area (Å²) in [5.41, 5.74) is -1.19. The van der Waals surface area contributed by atoms with Gasteiger partial charge in [0.2, 0.25) is 5.91 Å². The van der Waals surface area contributed by atoms with Crippen molar-refractivity contribution in [3.8, 4) is 5.75 Å². The fraction of sp³-hybridized carbons (Fsp3) is 0.533. The SMILES string of the molecule is CC(C)(O)C(C)(C)NC(=O)Cc1ccc(OC(F)F)cc1. The topological polar surface area (TPSA) is 58.6 Å². The van der Waals surface area contributed by atoms with Gasteiger partial charge in [0.1, 0.15) is 5.75 Å². The molecule has 0 bridgehead atoms. The van der Waals surface area contributed by atoms with Gasteiger partial charge in [-0.2, -0.15) is 8.78 Å². The van der Waals surface area contributed by atoms with Crippen LogP contribution in [0, 0.1) is 0 Å². The monoisotopic (exact) mass is 301 g/mol. The van der Waals surface area contributed by atoms with Gasteiger partial charge in [-0.1, -0.05) is 12.1 Å². The molecular weight excluding hydrogens is 280 g/mol. The lowest BCUT2D eigenvalue weighted by Crippen LogP contribution is -2.58. The lowest BCUT2D eigenvalue weighted by atomic mass is 9.86. The second kappa shape index (κ2) is 6.39. The number of amides is 1. The number of halogens is 2. The van der Waals surface area contributed by atoms with Crippen molar-refractivity contribution in [1.29, 1.82) is 0 Å². The van der Waals surface area contributed by atoms with Crippen molar-refractivity contribution in [3.05, 3.63) is 29.8 Å². The molecule has 0 aliphatic rings. The van der Waals surface area contributed by atoms with Crippen molar-refractivity contribution >= 4 is 5.91 Å². The highest BCUT2D eigenvalue weighted by molar-refractivity contribution is 5.79. The molecule has 6 heteroatoms. The van der Waals surface area contributed by atoms with Gasteiger partial charge in [-0.3, -0.25) is 4.79 Å². The van der Waals surface area contributed by atoms with E-state index in [1.54, 1.807) is 39.8 Å². The van der Waals surface area contributed by atoms with E-state index in [0.29, 0.717) is 5.56 Å². The molecule has 1 aromatic carbocycles. The molecule has 0 saturated carbocycles. The smallest absolute Gasteiger partial charge is 0.387 e. The molecule has 0 fully saturated rings. The number of alkyl halides is 2. The summed E-state index contributed by atoms with van der Waals surface area (Å²) in [7, 11) is 0.